The molecule has 3 atom stereocenters. The third kappa shape index (κ3) is 8.66. The summed E-state index contributed by atoms with van der Waals surface area (Å²) in [6, 6.07) is 25.1. The van der Waals surface area contributed by atoms with Crippen LogP contribution >= 0.6 is 0 Å². The highest BCUT2D eigenvalue weighted by Crippen LogP contribution is 2.09. The van der Waals surface area contributed by atoms with E-state index in [2.05, 4.69) is 10.6 Å². The first kappa shape index (κ1) is 26.6. The minimum Gasteiger partial charge on any atom is -0.445 e. The molecular formula is C27H29N3O5S. The van der Waals surface area contributed by atoms with E-state index in [0.29, 0.717) is 4.90 Å². The lowest BCUT2D eigenvalue weighted by molar-refractivity contribution is -0.128. The lowest BCUT2D eigenvalue weighted by atomic mass is 10.0. The average molecular weight is 508 g/mol. The maximum absolute atomic E-state index is 13.1. The molecule has 0 aliphatic rings. The summed E-state index contributed by atoms with van der Waals surface area (Å²) in [6.07, 6.45) is -0.510. The lowest BCUT2D eigenvalue weighted by Crippen LogP contribution is -2.54. The van der Waals surface area contributed by atoms with Crippen LogP contribution in [-0.2, 0) is 38.2 Å². The number of hydrogen-bond donors (Lipinski definition) is 3. The van der Waals surface area contributed by atoms with E-state index in [1.807, 2.05) is 66.7 Å². The van der Waals surface area contributed by atoms with Crippen molar-refractivity contribution >= 4 is 28.7 Å². The van der Waals surface area contributed by atoms with Gasteiger partial charge in [0, 0.05) is 17.1 Å². The van der Waals surface area contributed by atoms with Gasteiger partial charge in [-0.25, -0.2) is 4.79 Å². The van der Waals surface area contributed by atoms with Crippen LogP contribution in [0.4, 0.5) is 4.79 Å². The molecule has 0 saturated carbocycles. The van der Waals surface area contributed by atoms with Crippen molar-refractivity contribution in [1.29, 1.82) is 0 Å². The van der Waals surface area contributed by atoms with Crippen LogP contribution in [0.3, 0.4) is 0 Å². The Labute approximate surface area is 212 Å². The summed E-state index contributed by atoms with van der Waals surface area (Å²) in [4.78, 5) is 38.3. The predicted octanol–water partition coefficient (Wildman–Crippen LogP) is 2.69. The van der Waals surface area contributed by atoms with Crippen LogP contribution in [0, 0.1) is 0 Å². The van der Waals surface area contributed by atoms with Crippen LogP contribution in [0.2, 0.25) is 0 Å². The van der Waals surface area contributed by atoms with Crippen LogP contribution in [-0.4, -0.2) is 40.0 Å². The van der Waals surface area contributed by atoms with E-state index < -0.39 is 40.8 Å². The molecule has 3 rings (SSSR count). The Hall–Kier alpha value is -3.98. The number of nitrogens with one attached hydrogen (secondary N) is 2. The van der Waals surface area contributed by atoms with Crippen LogP contribution in [0.25, 0.3) is 0 Å². The van der Waals surface area contributed by atoms with Crippen molar-refractivity contribution in [2.45, 2.75) is 36.4 Å². The van der Waals surface area contributed by atoms with Gasteiger partial charge >= 0.3 is 6.09 Å². The van der Waals surface area contributed by atoms with Gasteiger partial charge in [0.25, 0.3) is 0 Å². The van der Waals surface area contributed by atoms with E-state index in [0.717, 1.165) is 11.1 Å². The van der Waals surface area contributed by atoms with E-state index in [4.69, 9.17) is 10.5 Å². The number of carbonyl (C=O) groups is 3. The van der Waals surface area contributed by atoms with Crippen LogP contribution < -0.4 is 16.4 Å². The summed E-state index contributed by atoms with van der Waals surface area (Å²) < 4.78 is 17.8. The van der Waals surface area contributed by atoms with Gasteiger partial charge in [-0.15, -0.1) is 0 Å². The van der Waals surface area contributed by atoms with E-state index in [9.17, 15) is 18.6 Å². The van der Waals surface area contributed by atoms with Crippen molar-refractivity contribution in [3.05, 3.63) is 102 Å². The first-order valence-electron chi connectivity index (χ1n) is 11.5. The summed E-state index contributed by atoms with van der Waals surface area (Å²) in [5.41, 5.74) is 7.12. The third-order valence-electron chi connectivity index (χ3n) is 5.36. The largest absolute Gasteiger partial charge is 0.445 e. The molecule has 3 aromatic rings. The topological polar surface area (TPSA) is 128 Å². The number of alkyl carbamates (subject to hydrolysis) is 1. The molecule has 4 N–H and O–H groups in total. The van der Waals surface area contributed by atoms with Gasteiger partial charge in [-0.05, 0) is 29.7 Å². The monoisotopic (exact) mass is 507 g/mol. The Morgan fingerprint density at radius 3 is 1.92 bits per heavy atom. The molecule has 0 aromatic heterocycles. The molecule has 0 saturated heterocycles. The molecule has 0 spiro atoms. The molecule has 0 aliphatic carbocycles. The second kappa shape index (κ2) is 13.8. The first-order chi connectivity index (χ1) is 17.4. The Balaban J connectivity index is 1.64. The highest BCUT2D eigenvalue weighted by atomic mass is 32.2. The zero-order valence-electron chi connectivity index (χ0n) is 19.7. The Morgan fingerprint density at radius 2 is 1.33 bits per heavy atom. The normalized spacial score (nSPS) is 13.1. The predicted molar refractivity (Wildman–Crippen MR) is 137 cm³/mol. The maximum Gasteiger partial charge on any atom is 0.408 e. The van der Waals surface area contributed by atoms with Gasteiger partial charge in [0.1, 0.15) is 18.7 Å². The summed E-state index contributed by atoms with van der Waals surface area (Å²) in [7, 11) is -1.36. The zero-order chi connectivity index (χ0) is 25.8. The van der Waals surface area contributed by atoms with Gasteiger partial charge in [0.15, 0.2) is 0 Å². The minimum atomic E-state index is -1.36. The summed E-state index contributed by atoms with van der Waals surface area (Å²) in [5.74, 6) is -1.21. The summed E-state index contributed by atoms with van der Waals surface area (Å²) in [6.45, 7) is 0.0432. The average Bonchev–Trinajstić information content (AvgIpc) is 2.90. The Kier molecular flexibility index (Phi) is 10.2. The summed E-state index contributed by atoms with van der Waals surface area (Å²) in [5, 5.41) is 5.19. The fourth-order valence-electron chi connectivity index (χ4n) is 3.44. The van der Waals surface area contributed by atoms with Crippen LogP contribution in [0.5, 0.6) is 0 Å². The summed E-state index contributed by atoms with van der Waals surface area (Å²) >= 11 is 0. The lowest BCUT2D eigenvalue weighted by Gasteiger charge is -2.22. The molecule has 0 radical (unpaired) electrons. The van der Waals surface area contributed by atoms with Crippen LogP contribution in [0.1, 0.15) is 17.5 Å². The number of nitrogens with two attached hydrogens (primary N) is 1. The smallest absolute Gasteiger partial charge is 0.408 e. The maximum atomic E-state index is 13.1. The molecule has 8 nitrogen and oxygen atoms in total. The molecule has 0 fully saturated rings. The van der Waals surface area contributed by atoms with Crippen molar-refractivity contribution in [3.8, 4) is 0 Å². The van der Waals surface area contributed by atoms with Crippen molar-refractivity contribution < 1.29 is 23.3 Å². The van der Waals surface area contributed by atoms with E-state index in [-0.39, 0.29) is 25.2 Å². The number of amides is 3. The fraction of sp³-hybridized carbons (Fsp3) is 0.222. The number of benzene rings is 3. The van der Waals surface area contributed by atoms with Gasteiger partial charge in [0.2, 0.25) is 11.8 Å². The highest BCUT2D eigenvalue weighted by molar-refractivity contribution is 7.85. The second-order valence-electron chi connectivity index (χ2n) is 8.06. The molecule has 0 aliphatic heterocycles. The molecule has 0 heterocycles. The number of hydrogen-bond acceptors (Lipinski definition) is 5. The van der Waals surface area contributed by atoms with Crippen molar-refractivity contribution in [3.63, 3.8) is 0 Å². The van der Waals surface area contributed by atoms with Gasteiger partial charge < -0.3 is 21.1 Å². The molecule has 0 unspecified atom stereocenters. The minimum absolute atomic E-state index is 0.0432. The molecule has 3 aromatic carbocycles. The molecule has 9 heteroatoms. The van der Waals surface area contributed by atoms with Crippen molar-refractivity contribution in [2.24, 2.45) is 5.73 Å². The fourth-order valence-corrected chi connectivity index (χ4v) is 4.59. The van der Waals surface area contributed by atoms with E-state index in [1.165, 1.54) is 0 Å². The quantitative estimate of drug-likeness (QED) is 0.347. The second-order valence-corrected chi connectivity index (χ2v) is 9.63. The van der Waals surface area contributed by atoms with E-state index in [1.54, 1.807) is 24.3 Å². The molecule has 188 valence electrons. The molecule has 0 bridgehead atoms. The highest BCUT2D eigenvalue weighted by Gasteiger charge is 2.27. The van der Waals surface area contributed by atoms with Gasteiger partial charge in [-0.2, -0.15) is 0 Å². The Bertz CT molecular complexity index is 1160. The van der Waals surface area contributed by atoms with Gasteiger partial charge in [-0.3, -0.25) is 13.8 Å². The third-order valence-corrected chi connectivity index (χ3v) is 6.77. The zero-order valence-corrected chi connectivity index (χ0v) is 20.5. The number of rotatable bonds is 12. The van der Waals surface area contributed by atoms with Gasteiger partial charge in [0.05, 0.1) is 10.8 Å². The van der Waals surface area contributed by atoms with Crippen molar-refractivity contribution in [2.75, 3.05) is 5.75 Å². The number of carbonyl (C=O) groups excluding carboxylic acids is 3. The standard InChI is InChI=1S/C27H29N3O5S/c28-25(31)23(16-17-36(34)22-14-8-3-9-15-22)29-26(32)24(18-20-10-4-1-5-11-20)30-27(33)35-19-21-12-6-2-7-13-21/h1-15,23-24H,16-19H2,(H2,28,31)(H,29,32)(H,30,33)/t23-,24-,36-/m1/s1. The number of ether oxygens (including phenoxy) is 1. The van der Waals surface area contributed by atoms with E-state index >= 15 is 0 Å². The molecule has 36 heavy (non-hydrogen) atoms. The molecule has 3 amide bonds. The Morgan fingerprint density at radius 1 is 0.778 bits per heavy atom. The molecular weight excluding hydrogens is 478 g/mol. The first-order valence-corrected chi connectivity index (χ1v) is 12.8. The SMILES string of the molecule is NC(=O)[C@@H](CC[S@@](=O)c1ccccc1)NC(=O)[C@@H](Cc1ccccc1)NC(=O)OCc1ccccc1. The van der Waals surface area contributed by atoms with Crippen LogP contribution in [0.15, 0.2) is 95.9 Å². The number of primary amides is 1. The van der Waals surface area contributed by atoms with Crippen molar-refractivity contribution in [1.82, 2.24) is 10.6 Å². The van der Waals surface area contributed by atoms with Gasteiger partial charge in [-0.1, -0.05) is 78.9 Å².